The molecule has 1 saturated carbocycles. The first-order chi connectivity index (χ1) is 9.07. The van der Waals surface area contributed by atoms with Crippen molar-refractivity contribution in [3.8, 4) is 0 Å². The molecule has 5 nitrogen and oxygen atoms in total. The van der Waals surface area contributed by atoms with Gasteiger partial charge in [0, 0.05) is 31.9 Å². The molecule has 1 aromatic rings. The van der Waals surface area contributed by atoms with Gasteiger partial charge in [0.1, 0.15) is 0 Å². The fraction of sp³-hybridized carbons (Fsp3) is 0.714. The first kappa shape index (κ1) is 14.1. The Bertz CT molecular complexity index is 407. The van der Waals surface area contributed by atoms with Gasteiger partial charge < -0.3 is 10.6 Å². The summed E-state index contributed by atoms with van der Waals surface area (Å²) in [6, 6.07) is 0. The molecule has 1 amide bonds. The molecule has 0 radical (unpaired) electrons. The molecule has 3 N–H and O–H groups in total. The van der Waals surface area contributed by atoms with Gasteiger partial charge in [0.15, 0.2) is 0 Å². The molecule has 0 unspecified atom stereocenters. The molecule has 0 aromatic carbocycles. The van der Waals surface area contributed by atoms with Crippen molar-refractivity contribution in [1.29, 1.82) is 0 Å². The molecule has 19 heavy (non-hydrogen) atoms. The molecule has 1 fully saturated rings. The molecule has 2 rings (SSSR count). The molecule has 5 heteroatoms. The molecular weight excluding hydrogens is 240 g/mol. The van der Waals surface area contributed by atoms with E-state index in [4.69, 9.17) is 5.73 Å². The molecule has 0 saturated heterocycles. The third-order valence-electron chi connectivity index (χ3n) is 4.40. The number of aromatic amines is 1. The van der Waals surface area contributed by atoms with Crippen LogP contribution in [0, 0.1) is 11.3 Å². The van der Waals surface area contributed by atoms with Gasteiger partial charge in [0.25, 0.3) is 0 Å². The second-order valence-electron chi connectivity index (χ2n) is 5.93. The van der Waals surface area contributed by atoms with E-state index in [9.17, 15) is 4.79 Å². The Kier molecular flexibility index (Phi) is 4.24. The molecule has 106 valence electrons. The van der Waals surface area contributed by atoms with E-state index >= 15 is 0 Å². The summed E-state index contributed by atoms with van der Waals surface area (Å²) in [5.41, 5.74) is 6.61. The molecule has 0 bridgehead atoms. The molecule has 1 aromatic heterocycles. The summed E-state index contributed by atoms with van der Waals surface area (Å²) < 4.78 is 0. The second-order valence-corrected chi connectivity index (χ2v) is 5.93. The maximum atomic E-state index is 12.7. The third-order valence-corrected chi connectivity index (χ3v) is 4.40. The van der Waals surface area contributed by atoms with Crippen molar-refractivity contribution in [3.05, 3.63) is 18.0 Å². The lowest BCUT2D eigenvalue weighted by molar-refractivity contribution is -0.143. The lowest BCUT2D eigenvalue weighted by Crippen LogP contribution is -2.48. The minimum absolute atomic E-state index is 0.183. The normalized spacial score (nSPS) is 27.2. The Hall–Kier alpha value is -1.36. The van der Waals surface area contributed by atoms with Gasteiger partial charge in [-0.05, 0) is 31.6 Å². The topological polar surface area (TPSA) is 75.0 Å². The zero-order valence-corrected chi connectivity index (χ0v) is 11.9. The van der Waals surface area contributed by atoms with Gasteiger partial charge in [0.05, 0.1) is 11.6 Å². The predicted molar refractivity (Wildman–Crippen MR) is 74.2 cm³/mol. The van der Waals surface area contributed by atoms with E-state index in [0.29, 0.717) is 19.0 Å². The fourth-order valence-electron chi connectivity index (χ4n) is 2.93. The number of H-pyrrole nitrogens is 1. The van der Waals surface area contributed by atoms with E-state index in [2.05, 4.69) is 17.1 Å². The number of nitrogens with two attached hydrogens (primary N) is 1. The Morgan fingerprint density at radius 1 is 1.58 bits per heavy atom. The summed E-state index contributed by atoms with van der Waals surface area (Å²) in [4.78, 5) is 14.5. The Morgan fingerprint density at radius 2 is 2.26 bits per heavy atom. The van der Waals surface area contributed by atoms with Crippen LogP contribution in [0.5, 0.6) is 0 Å². The van der Waals surface area contributed by atoms with Gasteiger partial charge in [-0.3, -0.25) is 9.89 Å². The maximum absolute atomic E-state index is 12.7. The molecule has 1 aliphatic rings. The number of carbonyl (C=O) groups is 1. The van der Waals surface area contributed by atoms with Crippen LogP contribution in [0.15, 0.2) is 12.4 Å². The SMILES string of the molecule is CC1CCC(CN)(C(=O)N(C)Cc2cn[nH]c2)CC1. The summed E-state index contributed by atoms with van der Waals surface area (Å²) in [5, 5.41) is 6.68. The Morgan fingerprint density at radius 3 is 2.79 bits per heavy atom. The number of hydrogen-bond donors (Lipinski definition) is 2. The zero-order valence-electron chi connectivity index (χ0n) is 11.9. The van der Waals surface area contributed by atoms with Gasteiger partial charge in [-0.2, -0.15) is 5.10 Å². The minimum atomic E-state index is -0.342. The number of rotatable bonds is 4. The van der Waals surface area contributed by atoms with Crippen molar-refractivity contribution in [3.63, 3.8) is 0 Å². The van der Waals surface area contributed by atoms with Crippen molar-refractivity contribution in [2.45, 2.75) is 39.2 Å². The van der Waals surface area contributed by atoms with Crippen LogP contribution in [0.4, 0.5) is 0 Å². The van der Waals surface area contributed by atoms with Crippen LogP contribution in [0.2, 0.25) is 0 Å². The summed E-state index contributed by atoms with van der Waals surface area (Å²) >= 11 is 0. The van der Waals surface area contributed by atoms with Gasteiger partial charge >= 0.3 is 0 Å². The number of amides is 1. The van der Waals surface area contributed by atoms with Crippen LogP contribution in [0.1, 0.15) is 38.2 Å². The smallest absolute Gasteiger partial charge is 0.230 e. The van der Waals surface area contributed by atoms with Gasteiger partial charge in [-0.15, -0.1) is 0 Å². The molecule has 0 atom stereocenters. The van der Waals surface area contributed by atoms with Crippen LogP contribution in [0.3, 0.4) is 0 Å². The first-order valence-corrected chi connectivity index (χ1v) is 7.01. The summed E-state index contributed by atoms with van der Waals surface area (Å²) in [6.45, 7) is 3.29. The van der Waals surface area contributed by atoms with Gasteiger partial charge in [-0.25, -0.2) is 0 Å². The zero-order chi connectivity index (χ0) is 13.9. The quantitative estimate of drug-likeness (QED) is 0.866. The first-order valence-electron chi connectivity index (χ1n) is 7.01. The molecular formula is C14H24N4O. The highest BCUT2D eigenvalue weighted by atomic mass is 16.2. The van der Waals surface area contributed by atoms with E-state index in [1.807, 2.05) is 13.2 Å². The van der Waals surface area contributed by atoms with E-state index in [-0.39, 0.29) is 11.3 Å². The van der Waals surface area contributed by atoms with Gasteiger partial charge in [0.2, 0.25) is 5.91 Å². The van der Waals surface area contributed by atoms with Crippen LogP contribution < -0.4 is 5.73 Å². The monoisotopic (exact) mass is 264 g/mol. The van der Waals surface area contributed by atoms with Crippen LogP contribution in [0.25, 0.3) is 0 Å². The van der Waals surface area contributed by atoms with Crippen molar-refractivity contribution in [1.82, 2.24) is 15.1 Å². The molecule has 1 aliphatic carbocycles. The van der Waals surface area contributed by atoms with Crippen molar-refractivity contribution < 1.29 is 4.79 Å². The largest absolute Gasteiger partial charge is 0.341 e. The van der Waals surface area contributed by atoms with Gasteiger partial charge in [-0.1, -0.05) is 6.92 Å². The summed E-state index contributed by atoms with van der Waals surface area (Å²) in [7, 11) is 1.85. The number of nitrogens with one attached hydrogen (secondary N) is 1. The molecule has 0 aliphatic heterocycles. The van der Waals surface area contributed by atoms with Crippen molar-refractivity contribution >= 4 is 5.91 Å². The average molecular weight is 264 g/mol. The average Bonchev–Trinajstić information content (AvgIpc) is 2.92. The lowest BCUT2D eigenvalue weighted by atomic mass is 9.70. The number of nitrogens with zero attached hydrogens (tertiary/aromatic N) is 2. The second kappa shape index (κ2) is 5.74. The Labute approximate surface area is 114 Å². The van der Waals surface area contributed by atoms with E-state index in [1.165, 1.54) is 0 Å². The predicted octanol–water partition coefficient (Wildman–Crippen LogP) is 1.52. The Balaban J connectivity index is 2.03. The summed E-state index contributed by atoms with van der Waals surface area (Å²) in [6.07, 6.45) is 7.60. The number of carbonyl (C=O) groups excluding carboxylic acids is 1. The molecule has 0 spiro atoms. The third kappa shape index (κ3) is 2.97. The minimum Gasteiger partial charge on any atom is -0.341 e. The lowest BCUT2D eigenvalue weighted by Gasteiger charge is -2.39. The highest BCUT2D eigenvalue weighted by molar-refractivity contribution is 5.83. The molecule has 1 heterocycles. The highest BCUT2D eigenvalue weighted by Gasteiger charge is 2.41. The number of hydrogen-bond acceptors (Lipinski definition) is 3. The van der Waals surface area contributed by atoms with E-state index < -0.39 is 0 Å². The van der Waals surface area contributed by atoms with E-state index in [0.717, 1.165) is 31.2 Å². The van der Waals surface area contributed by atoms with Crippen LogP contribution in [-0.4, -0.2) is 34.6 Å². The summed E-state index contributed by atoms with van der Waals surface area (Å²) in [5.74, 6) is 0.898. The fourth-order valence-corrected chi connectivity index (χ4v) is 2.93. The maximum Gasteiger partial charge on any atom is 0.230 e. The van der Waals surface area contributed by atoms with Crippen molar-refractivity contribution in [2.75, 3.05) is 13.6 Å². The van der Waals surface area contributed by atoms with Crippen molar-refractivity contribution in [2.24, 2.45) is 17.1 Å². The van der Waals surface area contributed by atoms with E-state index in [1.54, 1.807) is 11.1 Å². The highest BCUT2D eigenvalue weighted by Crippen LogP contribution is 2.39. The number of aromatic nitrogens is 2. The van der Waals surface area contributed by atoms with Crippen LogP contribution >= 0.6 is 0 Å². The van der Waals surface area contributed by atoms with Crippen LogP contribution in [-0.2, 0) is 11.3 Å². The standard InChI is InChI=1S/C14H24N4O/c1-11-3-5-14(10-15,6-4-11)13(19)18(2)9-12-7-16-17-8-12/h7-8,11H,3-6,9-10,15H2,1-2H3,(H,16,17).